The van der Waals surface area contributed by atoms with Crippen LogP contribution < -0.4 is 4.74 Å². The van der Waals surface area contributed by atoms with Gasteiger partial charge in [-0.25, -0.2) is 9.59 Å². The third kappa shape index (κ3) is 7.63. The number of aliphatic carboxylic acids is 2. The summed E-state index contributed by atoms with van der Waals surface area (Å²) < 4.78 is 5.83. The first-order valence-electron chi connectivity index (χ1n) is 8.00. The number of rotatable bonds is 8. The van der Waals surface area contributed by atoms with Crippen LogP contribution in [0.15, 0.2) is 67.8 Å². The summed E-state index contributed by atoms with van der Waals surface area (Å²) in [5.74, 6) is -2.73. The zero-order valence-electron chi connectivity index (χ0n) is 14.5. The van der Waals surface area contributed by atoms with Crippen LogP contribution in [0.25, 0.3) is 10.8 Å². The molecule has 6 heteroatoms. The second kappa shape index (κ2) is 11.4. The predicted molar refractivity (Wildman–Crippen MR) is 102 cm³/mol. The van der Waals surface area contributed by atoms with Crippen molar-refractivity contribution in [3.05, 3.63) is 67.8 Å². The molecule has 0 bridgehead atoms. The molecule has 0 aliphatic rings. The van der Waals surface area contributed by atoms with E-state index in [-0.39, 0.29) is 0 Å². The summed E-state index contributed by atoms with van der Waals surface area (Å²) in [5, 5.41) is 17.2. The molecule has 0 amide bonds. The lowest BCUT2D eigenvalue weighted by atomic mass is 10.1. The molecule has 0 radical (unpaired) electrons. The van der Waals surface area contributed by atoms with Gasteiger partial charge in [0, 0.05) is 19.6 Å². The Balaban J connectivity index is 0.000000487. The lowest BCUT2D eigenvalue weighted by Crippen LogP contribution is -2.28. The van der Waals surface area contributed by atoms with Crippen molar-refractivity contribution in [2.24, 2.45) is 0 Å². The molecule has 6 nitrogen and oxygen atoms in total. The first-order valence-corrected chi connectivity index (χ1v) is 8.00. The lowest BCUT2D eigenvalue weighted by Gasteiger charge is -2.18. The zero-order valence-corrected chi connectivity index (χ0v) is 14.5. The second-order valence-electron chi connectivity index (χ2n) is 5.30. The van der Waals surface area contributed by atoms with E-state index in [1.54, 1.807) is 0 Å². The van der Waals surface area contributed by atoms with Crippen LogP contribution in [-0.4, -0.2) is 53.3 Å². The maximum atomic E-state index is 9.10. The van der Waals surface area contributed by atoms with Crippen molar-refractivity contribution in [1.29, 1.82) is 0 Å². The summed E-state index contributed by atoms with van der Waals surface area (Å²) in [5.41, 5.74) is 0. The number of carboxylic acid groups (broad SMARTS) is 2. The molecule has 0 aromatic heterocycles. The number of nitrogens with zero attached hydrogens (tertiary/aromatic N) is 1. The van der Waals surface area contributed by atoms with Crippen molar-refractivity contribution in [3.63, 3.8) is 0 Å². The SMILES string of the molecule is C=CCN(CC=C)CCOc1ccc2ccccc2c1.O=C(O)C(=O)O. The van der Waals surface area contributed by atoms with Gasteiger partial charge in [0.1, 0.15) is 12.4 Å². The molecule has 0 heterocycles. The lowest BCUT2D eigenvalue weighted by molar-refractivity contribution is -0.159. The largest absolute Gasteiger partial charge is 0.492 e. The molecule has 2 N–H and O–H groups in total. The Morgan fingerprint density at radius 1 is 0.962 bits per heavy atom. The van der Waals surface area contributed by atoms with Crippen LogP contribution in [0.3, 0.4) is 0 Å². The van der Waals surface area contributed by atoms with Crippen molar-refractivity contribution in [3.8, 4) is 5.75 Å². The molecule has 0 saturated heterocycles. The molecule has 0 unspecified atom stereocenters. The molecule has 2 aromatic carbocycles. The van der Waals surface area contributed by atoms with Crippen molar-refractivity contribution >= 4 is 22.7 Å². The van der Waals surface area contributed by atoms with E-state index in [0.717, 1.165) is 25.4 Å². The molecule has 2 aromatic rings. The van der Waals surface area contributed by atoms with E-state index in [1.165, 1.54) is 10.8 Å². The van der Waals surface area contributed by atoms with E-state index in [0.29, 0.717) is 6.61 Å². The van der Waals surface area contributed by atoms with Gasteiger partial charge in [-0.3, -0.25) is 4.90 Å². The van der Waals surface area contributed by atoms with E-state index in [2.05, 4.69) is 42.3 Å². The van der Waals surface area contributed by atoms with Gasteiger partial charge in [0.25, 0.3) is 0 Å². The highest BCUT2D eigenvalue weighted by Gasteiger charge is 2.04. The van der Waals surface area contributed by atoms with Gasteiger partial charge in [0.2, 0.25) is 0 Å². The van der Waals surface area contributed by atoms with Crippen LogP contribution in [0.2, 0.25) is 0 Å². The fraction of sp³-hybridized carbons (Fsp3) is 0.200. The Hall–Kier alpha value is -3.12. The number of ether oxygens (including phenoxy) is 1. The fourth-order valence-corrected chi connectivity index (χ4v) is 2.17. The maximum absolute atomic E-state index is 9.10. The molecule has 0 saturated carbocycles. The number of benzene rings is 2. The first kappa shape index (κ1) is 20.9. The predicted octanol–water partition coefficient (Wildman–Crippen LogP) is 3.05. The van der Waals surface area contributed by atoms with Crippen LogP contribution in [0.4, 0.5) is 0 Å². The molecule has 26 heavy (non-hydrogen) atoms. The molecular weight excluding hydrogens is 334 g/mol. The highest BCUT2D eigenvalue weighted by molar-refractivity contribution is 6.27. The molecule has 138 valence electrons. The highest BCUT2D eigenvalue weighted by Crippen LogP contribution is 2.20. The standard InChI is InChI=1S/C18H21NO.C2H2O4/c1-3-11-19(12-4-2)13-14-20-18-10-9-16-7-5-6-8-17(16)15-18;3-1(4)2(5)6/h3-10,15H,1-2,11-14H2;(H,3,4)(H,5,6). The average molecular weight is 357 g/mol. The van der Waals surface area contributed by atoms with E-state index < -0.39 is 11.9 Å². The van der Waals surface area contributed by atoms with Gasteiger partial charge in [0.15, 0.2) is 0 Å². The van der Waals surface area contributed by atoms with Crippen molar-refractivity contribution in [2.45, 2.75) is 0 Å². The number of hydrogen-bond donors (Lipinski definition) is 2. The average Bonchev–Trinajstić information content (AvgIpc) is 2.62. The van der Waals surface area contributed by atoms with E-state index in [4.69, 9.17) is 24.5 Å². The molecule has 0 atom stereocenters. The molecular formula is C20H23NO5. The molecule has 0 fully saturated rings. The quantitative estimate of drug-likeness (QED) is 0.558. The van der Waals surface area contributed by atoms with Gasteiger partial charge in [0.05, 0.1) is 0 Å². The van der Waals surface area contributed by atoms with Crippen LogP contribution in [-0.2, 0) is 9.59 Å². The number of carboxylic acids is 2. The maximum Gasteiger partial charge on any atom is 0.414 e. The third-order valence-electron chi connectivity index (χ3n) is 3.35. The fourth-order valence-electron chi connectivity index (χ4n) is 2.17. The van der Waals surface area contributed by atoms with E-state index in [9.17, 15) is 0 Å². The Bertz CT molecular complexity index is 735. The van der Waals surface area contributed by atoms with Crippen molar-refractivity contribution < 1.29 is 24.5 Å². The first-order chi connectivity index (χ1) is 12.5. The minimum Gasteiger partial charge on any atom is -0.492 e. The van der Waals surface area contributed by atoms with Gasteiger partial charge < -0.3 is 14.9 Å². The normalized spacial score (nSPS) is 9.88. The minimum absolute atomic E-state index is 0.667. The van der Waals surface area contributed by atoms with Crippen molar-refractivity contribution in [1.82, 2.24) is 4.90 Å². The van der Waals surface area contributed by atoms with Gasteiger partial charge in [-0.2, -0.15) is 0 Å². The summed E-state index contributed by atoms with van der Waals surface area (Å²) in [4.78, 5) is 20.4. The van der Waals surface area contributed by atoms with Gasteiger partial charge in [-0.15, -0.1) is 13.2 Å². The van der Waals surface area contributed by atoms with Crippen LogP contribution in [0, 0.1) is 0 Å². The van der Waals surface area contributed by atoms with Crippen LogP contribution in [0.5, 0.6) is 5.75 Å². The Kier molecular flexibility index (Phi) is 9.20. The zero-order chi connectivity index (χ0) is 19.4. The summed E-state index contributed by atoms with van der Waals surface area (Å²) in [6.07, 6.45) is 3.80. The smallest absolute Gasteiger partial charge is 0.414 e. The summed E-state index contributed by atoms with van der Waals surface area (Å²) in [7, 11) is 0. The second-order valence-corrected chi connectivity index (χ2v) is 5.30. The van der Waals surface area contributed by atoms with E-state index in [1.807, 2.05) is 30.4 Å². The Labute approximate surface area is 152 Å². The van der Waals surface area contributed by atoms with E-state index >= 15 is 0 Å². The summed E-state index contributed by atoms with van der Waals surface area (Å²) >= 11 is 0. The molecule has 0 spiro atoms. The minimum atomic E-state index is -1.82. The number of fused-ring (bicyclic) bond motifs is 1. The molecule has 2 rings (SSSR count). The third-order valence-corrected chi connectivity index (χ3v) is 3.35. The molecule has 0 aliphatic carbocycles. The van der Waals surface area contributed by atoms with Crippen LogP contribution >= 0.6 is 0 Å². The summed E-state index contributed by atoms with van der Waals surface area (Å²) in [6, 6.07) is 14.5. The van der Waals surface area contributed by atoms with Gasteiger partial charge in [-0.05, 0) is 22.9 Å². The van der Waals surface area contributed by atoms with Gasteiger partial charge in [-0.1, -0.05) is 42.5 Å². The number of hydrogen-bond acceptors (Lipinski definition) is 4. The van der Waals surface area contributed by atoms with Gasteiger partial charge >= 0.3 is 11.9 Å². The topological polar surface area (TPSA) is 87.1 Å². The Morgan fingerprint density at radius 2 is 1.54 bits per heavy atom. The summed E-state index contributed by atoms with van der Waals surface area (Å²) in [6.45, 7) is 10.8. The Morgan fingerprint density at radius 3 is 2.08 bits per heavy atom. The highest BCUT2D eigenvalue weighted by atomic mass is 16.5. The van der Waals surface area contributed by atoms with Crippen LogP contribution in [0.1, 0.15) is 0 Å². The monoisotopic (exact) mass is 357 g/mol. The number of carbonyl (C=O) groups is 2. The molecule has 0 aliphatic heterocycles. The van der Waals surface area contributed by atoms with Crippen molar-refractivity contribution in [2.75, 3.05) is 26.2 Å².